The van der Waals surface area contributed by atoms with Crippen molar-refractivity contribution in [1.29, 1.82) is 0 Å². The van der Waals surface area contributed by atoms with Gasteiger partial charge in [-0.1, -0.05) is 0 Å². The highest BCUT2D eigenvalue weighted by Crippen LogP contribution is 2.23. The first-order valence-electron chi connectivity index (χ1n) is 5.50. The van der Waals surface area contributed by atoms with Crippen molar-refractivity contribution in [3.8, 4) is 5.75 Å². The van der Waals surface area contributed by atoms with E-state index < -0.39 is 0 Å². The molecule has 5 heteroatoms. The highest BCUT2D eigenvalue weighted by Gasteiger charge is 2.22. The number of aromatic hydroxyl groups is 1. The molecule has 0 aliphatic carbocycles. The number of nitrogens with zero attached hydrogens (tertiary/aromatic N) is 1. The zero-order chi connectivity index (χ0) is 12.4. The van der Waals surface area contributed by atoms with Crippen LogP contribution in [0.1, 0.15) is 23.2 Å². The molecule has 1 N–H and O–H groups in total. The topological polar surface area (TPSA) is 40.5 Å². The fourth-order valence-corrected chi connectivity index (χ4v) is 2.41. The summed E-state index contributed by atoms with van der Waals surface area (Å²) in [5, 5.41) is 9.77. The van der Waals surface area contributed by atoms with E-state index >= 15 is 0 Å². The number of carbonyl (C=O) groups is 1. The summed E-state index contributed by atoms with van der Waals surface area (Å²) in [5.74, 6) is 0.129. The molecule has 1 fully saturated rings. The number of phenolic OH excluding ortho intramolecular Hbond substituents is 1. The van der Waals surface area contributed by atoms with Gasteiger partial charge in [-0.15, -0.1) is 11.6 Å². The average molecular weight is 366 g/mol. The van der Waals surface area contributed by atoms with Gasteiger partial charge in [0.25, 0.3) is 5.91 Å². The normalized spacial score (nSPS) is 17.2. The summed E-state index contributed by atoms with van der Waals surface area (Å²) in [5.41, 5.74) is 0.538. The number of phenols is 1. The molecule has 0 unspecified atom stereocenters. The lowest BCUT2D eigenvalue weighted by molar-refractivity contribution is 0.0726. The van der Waals surface area contributed by atoms with Crippen LogP contribution in [0.15, 0.2) is 18.2 Å². The van der Waals surface area contributed by atoms with E-state index in [4.69, 9.17) is 11.6 Å². The molecule has 1 aromatic carbocycles. The number of likely N-dealkylation sites (tertiary alicyclic amines) is 1. The molecule has 1 aromatic rings. The van der Waals surface area contributed by atoms with Crippen molar-refractivity contribution in [3.63, 3.8) is 0 Å². The van der Waals surface area contributed by atoms with Gasteiger partial charge in [-0.3, -0.25) is 4.79 Å². The fraction of sp³-hybridized carbons (Fsp3) is 0.417. The molecule has 0 aromatic heterocycles. The number of hydrogen-bond acceptors (Lipinski definition) is 2. The average Bonchev–Trinajstić information content (AvgIpc) is 2.33. The Kier molecular flexibility index (Phi) is 4.14. The van der Waals surface area contributed by atoms with Gasteiger partial charge in [0.1, 0.15) is 5.75 Å². The number of carbonyl (C=O) groups excluding carboxylic acids is 1. The van der Waals surface area contributed by atoms with Crippen LogP contribution in [-0.2, 0) is 0 Å². The number of piperidine rings is 1. The number of rotatable bonds is 1. The SMILES string of the molecule is O=C(c1ccc(I)c(O)c1)N1CCC(Cl)CC1. The summed E-state index contributed by atoms with van der Waals surface area (Å²) < 4.78 is 0.749. The lowest BCUT2D eigenvalue weighted by Gasteiger charge is -2.29. The van der Waals surface area contributed by atoms with Crippen molar-refractivity contribution in [2.75, 3.05) is 13.1 Å². The van der Waals surface area contributed by atoms with Gasteiger partial charge < -0.3 is 10.0 Å². The first-order valence-corrected chi connectivity index (χ1v) is 7.01. The lowest BCUT2D eigenvalue weighted by Crippen LogP contribution is -2.38. The number of halogens is 2. The third-order valence-corrected chi connectivity index (χ3v) is 4.25. The summed E-state index contributed by atoms with van der Waals surface area (Å²) in [4.78, 5) is 13.9. The molecule has 0 radical (unpaired) electrons. The maximum Gasteiger partial charge on any atom is 0.253 e. The van der Waals surface area contributed by atoms with Crippen molar-refractivity contribution >= 4 is 40.1 Å². The predicted molar refractivity (Wildman–Crippen MR) is 75.6 cm³/mol. The Morgan fingerprint density at radius 2 is 2.06 bits per heavy atom. The maximum absolute atomic E-state index is 12.1. The van der Waals surface area contributed by atoms with E-state index in [0.29, 0.717) is 18.7 Å². The van der Waals surface area contributed by atoms with Crippen molar-refractivity contribution in [2.45, 2.75) is 18.2 Å². The van der Waals surface area contributed by atoms with E-state index in [0.717, 1.165) is 16.4 Å². The molecular formula is C12H13ClINO2. The predicted octanol–water partition coefficient (Wildman–Crippen LogP) is 2.84. The second-order valence-electron chi connectivity index (χ2n) is 4.13. The number of hydrogen-bond donors (Lipinski definition) is 1. The van der Waals surface area contributed by atoms with Crippen LogP contribution in [-0.4, -0.2) is 34.4 Å². The van der Waals surface area contributed by atoms with Gasteiger partial charge in [-0.25, -0.2) is 0 Å². The molecule has 1 aliphatic heterocycles. The molecule has 17 heavy (non-hydrogen) atoms. The molecule has 0 bridgehead atoms. The molecule has 2 rings (SSSR count). The molecule has 0 spiro atoms. The van der Waals surface area contributed by atoms with E-state index in [9.17, 15) is 9.90 Å². The van der Waals surface area contributed by atoms with Gasteiger partial charge in [-0.05, 0) is 53.6 Å². The summed E-state index contributed by atoms with van der Waals surface area (Å²) in [6.45, 7) is 1.39. The van der Waals surface area contributed by atoms with Crippen molar-refractivity contribution in [3.05, 3.63) is 27.3 Å². The molecule has 0 atom stereocenters. The zero-order valence-electron chi connectivity index (χ0n) is 9.20. The van der Waals surface area contributed by atoms with Gasteiger partial charge in [0, 0.05) is 24.0 Å². The van der Waals surface area contributed by atoms with Gasteiger partial charge >= 0.3 is 0 Å². The van der Waals surface area contributed by atoms with Gasteiger partial charge in [0.15, 0.2) is 0 Å². The van der Waals surface area contributed by atoms with Gasteiger partial charge in [-0.2, -0.15) is 0 Å². The maximum atomic E-state index is 12.1. The van der Waals surface area contributed by atoms with Crippen LogP contribution >= 0.6 is 34.2 Å². The first kappa shape index (κ1) is 13.0. The highest BCUT2D eigenvalue weighted by molar-refractivity contribution is 14.1. The summed E-state index contributed by atoms with van der Waals surface area (Å²) in [7, 11) is 0. The van der Waals surface area contributed by atoms with E-state index in [1.165, 1.54) is 6.07 Å². The van der Waals surface area contributed by atoms with Crippen LogP contribution in [0.3, 0.4) is 0 Å². The molecular weight excluding hydrogens is 352 g/mol. The third-order valence-electron chi connectivity index (χ3n) is 2.90. The van der Waals surface area contributed by atoms with E-state index in [-0.39, 0.29) is 17.0 Å². The van der Waals surface area contributed by atoms with Gasteiger partial charge in [0.05, 0.1) is 3.57 Å². The molecule has 1 amide bonds. The van der Waals surface area contributed by atoms with Crippen LogP contribution in [0, 0.1) is 3.57 Å². The van der Waals surface area contributed by atoms with Gasteiger partial charge in [0.2, 0.25) is 0 Å². The Labute approximate surface area is 119 Å². The summed E-state index contributed by atoms with van der Waals surface area (Å²) >= 11 is 8.03. The Hall–Kier alpha value is -0.490. The second-order valence-corrected chi connectivity index (χ2v) is 5.91. The fourth-order valence-electron chi connectivity index (χ4n) is 1.88. The Bertz CT molecular complexity index is 431. The lowest BCUT2D eigenvalue weighted by atomic mass is 10.1. The minimum atomic E-state index is -0.0275. The number of benzene rings is 1. The highest BCUT2D eigenvalue weighted by atomic mass is 127. The van der Waals surface area contributed by atoms with Crippen LogP contribution in [0.2, 0.25) is 0 Å². The standard InChI is InChI=1S/C12H13ClINO2/c13-9-3-5-15(6-4-9)12(17)8-1-2-10(14)11(16)7-8/h1-2,7,9,16H,3-6H2. The molecule has 1 saturated heterocycles. The Morgan fingerprint density at radius 1 is 1.41 bits per heavy atom. The third kappa shape index (κ3) is 3.04. The van der Waals surface area contributed by atoms with Crippen LogP contribution in [0.4, 0.5) is 0 Å². The van der Waals surface area contributed by atoms with Crippen molar-refractivity contribution < 1.29 is 9.90 Å². The van der Waals surface area contributed by atoms with Crippen LogP contribution in [0.25, 0.3) is 0 Å². The second kappa shape index (κ2) is 5.44. The van der Waals surface area contributed by atoms with Crippen molar-refractivity contribution in [2.24, 2.45) is 0 Å². The smallest absolute Gasteiger partial charge is 0.253 e. The first-order chi connectivity index (χ1) is 8.08. The van der Waals surface area contributed by atoms with Crippen LogP contribution in [0.5, 0.6) is 5.75 Å². The molecule has 92 valence electrons. The monoisotopic (exact) mass is 365 g/mol. The van der Waals surface area contributed by atoms with E-state index in [1.807, 2.05) is 22.6 Å². The van der Waals surface area contributed by atoms with E-state index in [1.54, 1.807) is 17.0 Å². The summed E-state index contributed by atoms with van der Waals surface area (Å²) in [6, 6.07) is 5.02. The molecule has 3 nitrogen and oxygen atoms in total. The quantitative estimate of drug-likeness (QED) is 0.614. The largest absolute Gasteiger partial charge is 0.507 e. The van der Waals surface area contributed by atoms with Crippen LogP contribution < -0.4 is 0 Å². The molecule has 1 heterocycles. The minimum Gasteiger partial charge on any atom is -0.507 e. The minimum absolute atomic E-state index is 0.0275. The zero-order valence-corrected chi connectivity index (χ0v) is 12.1. The number of alkyl halides is 1. The number of amides is 1. The Morgan fingerprint density at radius 3 is 2.65 bits per heavy atom. The molecule has 0 saturated carbocycles. The Balaban J connectivity index is 2.11. The summed E-state index contributed by atoms with van der Waals surface area (Å²) in [6.07, 6.45) is 1.67. The van der Waals surface area contributed by atoms with E-state index in [2.05, 4.69) is 0 Å². The molecule has 1 aliphatic rings. The van der Waals surface area contributed by atoms with Crippen molar-refractivity contribution in [1.82, 2.24) is 4.90 Å².